The first kappa shape index (κ1) is 11.2. The summed E-state index contributed by atoms with van der Waals surface area (Å²) in [5, 5.41) is 1.72. The fourth-order valence-electron chi connectivity index (χ4n) is 1.60. The van der Waals surface area contributed by atoms with Gasteiger partial charge >= 0.3 is 0 Å². The van der Waals surface area contributed by atoms with Crippen LogP contribution in [0.15, 0.2) is 18.2 Å². The Morgan fingerprint density at radius 3 is 2.88 bits per heavy atom. The minimum Gasteiger partial charge on any atom is -0.399 e. The number of benzene rings is 1. The van der Waals surface area contributed by atoms with Gasteiger partial charge in [0.2, 0.25) is 0 Å². The summed E-state index contributed by atoms with van der Waals surface area (Å²) >= 11 is 5.96. The van der Waals surface area contributed by atoms with Gasteiger partial charge in [0.15, 0.2) is 0 Å². The summed E-state index contributed by atoms with van der Waals surface area (Å²) in [6.07, 6.45) is 1.94. The molecule has 2 rings (SSSR count). The summed E-state index contributed by atoms with van der Waals surface area (Å²) in [6.45, 7) is 1.19. The summed E-state index contributed by atoms with van der Waals surface area (Å²) in [5.41, 5.74) is 6.54. The lowest BCUT2D eigenvalue weighted by Gasteiger charge is -2.26. The van der Waals surface area contributed by atoms with Gasteiger partial charge in [-0.25, -0.2) is 5.06 Å². The molecule has 0 spiro atoms. The van der Waals surface area contributed by atoms with Crippen LogP contribution in [0.5, 0.6) is 0 Å². The largest absolute Gasteiger partial charge is 0.399 e. The molecule has 1 fully saturated rings. The van der Waals surface area contributed by atoms with Crippen molar-refractivity contribution in [1.29, 1.82) is 0 Å². The first-order valence-corrected chi connectivity index (χ1v) is 5.56. The van der Waals surface area contributed by atoms with Gasteiger partial charge in [-0.15, -0.1) is 0 Å². The van der Waals surface area contributed by atoms with E-state index in [1.165, 1.54) is 5.06 Å². The normalized spacial score (nSPS) is 16.2. The number of hydroxylamine groups is 2. The van der Waals surface area contributed by atoms with Crippen LogP contribution in [-0.4, -0.2) is 24.1 Å². The topological polar surface area (TPSA) is 55.6 Å². The second-order valence-electron chi connectivity index (χ2n) is 3.69. The molecule has 1 heterocycles. The van der Waals surface area contributed by atoms with Crippen molar-refractivity contribution in [3.63, 3.8) is 0 Å². The standard InChI is InChI=1S/C11H13ClN2O2/c12-10-7-8(13)3-4-9(10)11(15)14-5-1-2-6-16-14/h3-4,7H,1-2,5-6,13H2. The minimum atomic E-state index is -0.204. The number of anilines is 1. The maximum absolute atomic E-state index is 12.0. The van der Waals surface area contributed by atoms with Gasteiger partial charge in [0, 0.05) is 12.2 Å². The van der Waals surface area contributed by atoms with E-state index in [1.807, 2.05) is 0 Å². The molecule has 86 valence electrons. The van der Waals surface area contributed by atoms with Crippen LogP contribution >= 0.6 is 11.6 Å². The quantitative estimate of drug-likeness (QED) is 0.765. The van der Waals surface area contributed by atoms with Crippen LogP contribution in [0.1, 0.15) is 23.2 Å². The number of hydrogen-bond donors (Lipinski definition) is 1. The molecule has 0 aromatic heterocycles. The van der Waals surface area contributed by atoms with Gasteiger partial charge in [0.1, 0.15) is 0 Å². The molecule has 0 atom stereocenters. The van der Waals surface area contributed by atoms with Crippen LogP contribution in [0.2, 0.25) is 5.02 Å². The molecule has 1 aliphatic heterocycles. The van der Waals surface area contributed by atoms with Crippen LogP contribution in [-0.2, 0) is 4.84 Å². The molecule has 4 nitrogen and oxygen atoms in total. The van der Waals surface area contributed by atoms with Crippen LogP contribution in [0, 0.1) is 0 Å². The second kappa shape index (κ2) is 4.72. The van der Waals surface area contributed by atoms with Crippen molar-refractivity contribution in [2.45, 2.75) is 12.8 Å². The first-order chi connectivity index (χ1) is 7.68. The molecule has 5 heteroatoms. The summed E-state index contributed by atoms with van der Waals surface area (Å²) in [7, 11) is 0. The number of nitrogens with zero attached hydrogens (tertiary/aromatic N) is 1. The van der Waals surface area contributed by atoms with Crippen molar-refractivity contribution in [2.75, 3.05) is 18.9 Å². The zero-order valence-electron chi connectivity index (χ0n) is 8.78. The molecule has 1 aromatic carbocycles. The van der Waals surface area contributed by atoms with Crippen LogP contribution < -0.4 is 5.73 Å². The van der Waals surface area contributed by atoms with E-state index in [0.29, 0.717) is 29.4 Å². The van der Waals surface area contributed by atoms with Gasteiger partial charge < -0.3 is 5.73 Å². The molecule has 1 aliphatic rings. The lowest BCUT2D eigenvalue weighted by molar-refractivity contribution is -0.144. The van der Waals surface area contributed by atoms with E-state index in [-0.39, 0.29) is 5.91 Å². The third-order valence-corrected chi connectivity index (χ3v) is 2.77. The van der Waals surface area contributed by atoms with Crippen molar-refractivity contribution in [3.8, 4) is 0 Å². The van der Waals surface area contributed by atoms with Gasteiger partial charge in [-0.05, 0) is 31.0 Å². The number of rotatable bonds is 1. The molecule has 1 aromatic rings. The molecule has 0 radical (unpaired) electrons. The molecule has 16 heavy (non-hydrogen) atoms. The zero-order chi connectivity index (χ0) is 11.5. The Morgan fingerprint density at radius 1 is 1.44 bits per heavy atom. The summed E-state index contributed by atoms with van der Waals surface area (Å²) < 4.78 is 0. The van der Waals surface area contributed by atoms with Crippen LogP contribution in [0.25, 0.3) is 0 Å². The van der Waals surface area contributed by atoms with Gasteiger partial charge in [-0.2, -0.15) is 0 Å². The lowest BCUT2D eigenvalue weighted by atomic mass is 10.2. The number of hydrogen-bond acceptors (Lipinski definition) is 3. The Bertz CT molecular complexity index is 403. The molecule has 1 amide bonds. The number of nitrogen functional groups attached to an aromatic ring is 1. The number of carbonyl (C=O) groups is 1. The van der Waals surface area contributed by atoms with Crippen molar-refractivity contribution < 1.29 is 9.63 Å². The highest BCUT2D eigenvalue weighted by atomic mass is 35.5. The van der Waals surface area contributed by atoms with E-state index in [9.17, 15) is 4.79 Å². The third-order valence-electron chi connectivity index (χ3n) is 2.45. The van der Waals surface area contributed by atoms with E-state index in [4.69, 9.17) is 22.2 Å². The summed E-state index contributed by atoms with van der Waals surface area (Å²) in [6, 6.07) is 4.85. The number of halogens is 1. The molecule has 0 bridgehead atoms. The fourth-order valence-corrected chi connectivity index (χ4v) is 1.87. The van der Waals surface area contributed by atoms with Crippen LogP contribution in [0.4, 0.5) is 5.69 Å². The van der Waals surface area contributed by atoms with Gasteiger partial charge in [0.05, 0.1) is 17.2 Å². The lowest BCUT2D eigenvalue weighted by Crippen LogP contribution is -2.35. The van der Waals surface area contributed by atoms with Crippen molar-refractivity contribution in [1.82, 2.24) is 5.06 Å². The third kappa shape index (κ3) is 2.28. The van der Waals surface area contributed by atoms with E-state index in [2.05, 4.69) is 0 Å². The van der Waals surface area contributed by atoms with Crippen molar-refractivity contribution >= 4 is 23.2 Å². The first-order valence-electron chi connectivity index (χ1n) is 5.18. The molecule has 0 aliphatic carbocycles. The molecule has 0 unspecified atom stereocenters. The Labute approximate surface area is 98.9 Å². The zero-order valence-corrected chi connectivity index (χ0v) is 9.54. The molecular formula is C11H13ClN2O2. The van der Waals surface area contributed by atoms with Crippen LogP contribution in [0.3, 0.4) is 0 Å². The highest BCUT2D eigenvalue weighted by Crippen LogP contribution is 2.22. The van der Waals surface area contributed by atoms with E-state index in [0.717, 1.165) is 12.8 Å². The van der Waals surface area contributed by atoms with E-state index >= 15 is 0 Å². The fraction of sp³-hybridized carbons (Fsp3) is 0.364. The SMILES string of the molecule is Nc1ccc(C(=O)N2CCCCO2)c(Cl)c1. The highest BCUT2D eigenvalue weighted by molar-refractivity contribution is 6.34. The molecule has 0 saturated carbocycles. The average molecular weight is 241 g/mol. The Balaban J connectivity index is 2.19. The Morgan fingerprint density at radius 2 is 2.25 bits per heavy atom. The highest BCUT2D eigenvalue weighted by Gasteiger charge is 2.21. The minimum absolute atomic E-state index is 0.204. The van der Waals surface area contributed by atoms with E-state index < -0.39 is 0 Å². The van der Waals surface area contributed by atoms with Crippen molar-refractivity contribution in [2.24, 2.45) is 0 Å². The van der Waals surface area contributed by atoms with Gasteiger partial charge in [-0.3, -0.25) is 9.63 Å². The maximum Gasteiger partial charge on any atom is 0.278 e. The van der Waals surface area contributed by atoms with Gasteiger partial charge in [-0.1, -0.05) is 11.6 Å². The molecule has 2 N–H and O–H groups in total. The number of amides is 1. The molecule has 1 saturated heterocycles. The van der Waals surface area contributed by atoms with E-state index in [1.54, 1.807) is 18.2 Å². The summed E-state index contributed by atoms with van der Waals surface area (Å²) in [4.78, 5) is 17.3. The number of nitrogens with two attached hydrogens (primary N) is 1. The molecular weight excluding hydrogens is 228 g/mol. The average Bonchev–Trinajstić information content (AvgIpc) is 2.29. The van der Waals surface area contributed by atoms with Gasteiger partial charge in [0.25, 0.3) is 5.91 Å². The summed E-state index contributed by atoms with van der Waals surface area (Å²) in [5.74, 6) is -0.204. The predicted octanol–water partition coefficient (Wildman–Crippen LogP) is 2.09. The van der Waals surface area contributed by atoms with Crippen molar-refractivity contribution in [3.05, 3.63) is 28.8 Å². The predicted molar refractivity (Wildman–Crippen MR) is 62.1 cm³/mol. The monoisotopic (exact) mass is 240 g/mol. The Hall–Kier alpha value is -1.26. The number of carbonyl (C=O) groups excluding carboxylic acids is 1. The maximum atomic E-state index is 12.0. The smallest absolute Gasteiger partial charge is 0.278 e. The Kier molecular flexibility index (Phi) is 3.31. The second-order valence-corrected chi connectivity index (χ2v) is 4.09.